The van der Waals surface area contributed by atoms with Crippen molar-refractivity contribution in [1.29, 1.82) is 0 Å². The van der Waals surface area contributed by atoms with Crippen LogP contribution in [0.25, 0.3) is 0 Å². The maximum absolute atomic E-state index is 12.9. The molecule has 0 heterocycles. The molecule has 1 aromatic rings. The Morgan fingerprint density at radius 2 is 1.43 bits per heavy atom. The van der Waals surface area contributed by atoms with Crippen molar-refractivity contribution < 1.29 is 27.4 Å². The van der Waals surface area contributed by atoms with Crippen LogP contribution in [0.2, 0.25) is 0 Å². The summed E-state index contributed by atoms with van der Waals surface area (Å²) in [6.45, 7) is -1.13. The molecule has 0 unspecified atom stereocenters. The maximum atomic E-state index is 12.9. The first-order valence-corrected chi connectivity index (χ1v) is 3.54. The van der Waals surface area contributed by atoms with Crippen molar-refractivity contribution in [3.63, 3.8) is 0 Å². The average Bonchev–Trinajstić information content (AvgIpc) is 2.17. The molecule has 0 saturated heterocycles. The van der Waals surface area contributed by atoms with Crippen molar-refractivity contribution in [3.8, 4) is 5.75 Å². The summed E-state index contributed by atoms with van der Waals surface area (Å²) in [7, 11) is 0.874. The van der Waals surface area contributed by atoms with E-state index in [1.165, 1.54) is 0 Å². The third kappa shape index (κ3) is 1.41. The van der Waals surface area contributed by atoms with E-state index in [-0.39, 0.29) is 0 Å². The van der Waals surface area contributed by atoms with E-state index in [4.69, 9.17) is 5.11 Å². The van der Waals surface area contributed by atoms with Gasteiger partial charge in [0.25, 0.3) is 0 Å². The number of hydrogen-bond donors (Lipinski definition) is 1. The minimum atomic E-state index is -1.66. The summed E-state index contributed by atoms with van der Waals surface area (Å²) in [6, 6.07) is 0. The zero-order valence-corrected chi connectivity index (χ0v) is 7.07. The van der Waals surface area contributed by atoms with Gasteiger partial charge in [-0.1, -0.05) is 0 Å². The van der Waals surface area contributed by atoms with Crippen molar-refractivity contribution in [2.24, 2.45) is 0 Å². The second kappa shape index (κ2) is 3.83. The molecule has 14 heavy (non-hydrogen) atoms. The summed E-state index contributed by atoms with van der Waals surface area (Å²) in [5.41, 5.74) is -1.05. The van der Waals surface area contributed by atoms with Crippen LogP contribution in [-0.4, -0.2) is 12.2 Å². The number of aliphatic hydroxyl groups is 1. The highest BCUT2D eigenvalue weighted by molar-refractivity contribution is 5.34. The first-order valence-electron chi connectivity index (χ1n) is 3.54. The highest BCUT2D eigenvalue weighted by Crippen LogP contribution is 2.29. The molecule has 0 bridgehead atoms. The summed E-state index contributed by atoms with van der Waals surface area (Å²) in [6.07, 6.45) is 0. The largest absolute Gasteiger partial charge is 0.491 e. The van der Waals surface area contributed by atoms with Crippen molar-refractivity contribution >= 4 is 0 Å². The van der Waals surface area contributed by atoms with Gasteiger partial charge in [0.1, 0.15) is 0 Å². The average molecular weight is 210 g/mol. The normalized spacial score (nSPS) is 10.4. The van der Waals surface area contributed by atoms with Gasteiger partial charge in [-0.15, -0.1) is 0 Å². The summed E-state index contributed by atoms with van der Waals surface area (Å²) in [5, 5.41) is 8.46. The lowest BCUT2D eigenvalue weighted by Gasteiger charge is -2.08. The van der Waals surface area contributed by atoms with Crippen LogP contribution >= 0.6 is 0 Å². The van der Waals surface area contributed by atoms with E-state index in [0.29, 0.717) is 0 Å². The lowest BCUT2D eigenvalue weighted by Crippen LogP contribution is -2.06. The summed E-state index contributed by atoms with van der Waals surface area (Å²) in [5.74, 6) is -7.76. The molecule has 1 rings (SSSR count). The Hall–Kier alpha value is -1.30. The number of benzene rings is 1. The second-order valence-electron chi connectivity index (χ2n) is 2.43. The molecule has 6 heteroatoms. The van der Waals surface area contributed by atoms with E-state index in [1.54, 1.807) is 0 Å². The second-order valence-corrected chi connectivity index (χ2v) is 2.43. The molecule has 1 aromatic carbocycles. The smallest absolute Gasteiger partial charge is 0.204 e. The van der Waals surface area contributed by atoms with Gasteiger partial charge in [0.05, 0.1) is 19.3 Å². The fraction of sp³-hybridized carbons (Fsp3) is 0.250. The molecule has 0 aliphatic carbocycles. The number of hydrogen-bond acceptors (Lipinski definition) is 2. The Bertz CT molecular complexity index is 301. The molecule has 0 atom stereocenters. The van der Waals surface area contributed by atoms with Gasteiger partial charge in [-0.2, -0.15) is 8.78 Å². The number of methoxy groups -OCH3 is 1. The molecule has 0 spiro atoms. The SMILES string of the molecule is COc1c(F)c(F)c(CO)c(F)c1F. The first kappa shape index (κ1) is 10.8. The Morgan fingerprint density at radius 3 is 1.71 bits per heavy atom. The van der Waals surface area contributed by atoms with Gasteiger partial charge in [0, 0.05) is 0 Å². The highest BCUT2D eigenvalue weighted by atomic mass is 19.2. The van der Waals surface area contributed by atoms with E-state index >= 15 is 0 Å². The standard InChI is InChI=1S/C8H6F4O2/c1-14-8-6(11)4(9)3(2-13)5(10)7(8)12/h13H,2H2,1H3. The Morgan fingerprint density at radius 1 is 1.00 bits per heavy atom. The molecule has 0 aromatic heterocycles. The molecule has 0 amide bonds. The zero-order valence-electron chi connectivity index (χ0n) is 7.07. The van der Waals surface area contributed by atoms with Crippen LogP contribution in [0.5, 0.6) is 5.75 Å². The van der Waals surface area contributed by atoms with Gasteiger partial charge >= 0.3 is 0 Å². The highest BCUT2D eigenvalue weighted by Gasteiger charge is 2.25. The van der Waals surface area contributed by atoms with Gasteiger partial charge < -0.3 is 9.84 Å². The molecule has 0 fully saturated rings. The fourth-order valence-electron chi connectivity index (χ4n) is 0.975. The first-order chi connectivity index (χ1) is 6.54. The molecule has 78 valence electrons. The third-order valence-corrected chi connectivity index (χ3v) is 1.68. The maximum Gasteiger partial charge on any atom is 0.204 e. The summed E-state index contributed by atoms with van der Waals surface area (Å²) in [4.78, 5) is 0. The number of ether oxygens (including phenoxy) is 1. The van der Waals surface area contributed by atoms with Crippen LogP contribution in [-0.2, 0) is 6.61 Å². The van der Waals surface area contributed by atoms with Gasteiger partial charge in [-0.25, -0.2) is 8.78 Å². The van der Waals surface area contributed by atoms with E-state index in [2.05, 4.69) is 4.74 Å². The van der Waals surface area contributed by atoms with Crippen molar-refractivity contribution in [3.05, 3.63) is 28.8 Å². The van der Waals surface area contributed by atoms with Crippen LogP contribution in [0.3, 0.4) is 0 Å². The molecule has 0 radical (unpaired) electrons. The molecule has 1 N–H and O–H groups in total. The van der Waals surface area contributed by atoms with Crippen LogP contribution in [0, 0.1) is 23.3 Å². The van der Waals surface area contributed by atoms with Crippen molar-refractivity contribution in [1.82, 2.24) is 0 Å². The minimum Gasteiger partial charge on any atom is -0.491 e. The van der Waals surface area contributed by atoms with E-state index < -0.39 is 41.2 Å². The number of aliphatic hydroxyl groups excluding tert-OH is 1. The predicted molar refractivity (Wildman–Crippen MR) is 38.7 cm³/mol. The Labute approximate surface area is 76.7 Å². The van der Waals surface area contributed by atoms with Gasteiger partial charge in [-0.05, 0) is 0 Å². The third-order valence-electron chi connectivity index (χ3n) is 1.68. The molecule has 2 nitrogen and oxygen atoms in total. The molecular weight excluding hydrogens is 204 g/mol. The minimum absolute atomic E-state index is 0.874. The van der Waals surface area contributed by atoms with E-state index in [9.17, 15) is 17.6 Å². The molecular formula is C8H6F4O2. The molecule has 0 saturated carbocycles. The molecule has 0 aliphatic rings. The van der Waals surface area contributed by atoms with E-state index in [1.807, 2.05) is 0 Å². The monoisotopic (exact) mass is 210 g/mol. The lowest BCUT2D eigenvalue weighted by molar-refractivity contribution is 0.257. The molecule has 0 aliphatic heterocycles. The van der Waals surface area contributed by atoms with E-state index in [0.717, 1.165) is 7.11 Å². The van der Waals surface area contributed by atoms with Crippen molar-refractivity contribution in [2.45, 2.75) is 6.61 Å². The predicted octanol–water partition coefficient (Wildman–Crippen LogP) is 1.74. The van der Waals surface area contributed by atoms with Crippen LogP contribution in [0.1, 0.15) is 5.56 Å². The zero-order chi connectivity index (χ0) is 10.9. The summed E-state index contributed by atoms with van der Waals surface area (Å²) < 4.78 is 55.6. The van der Waals surface area contributed by atoms with Gasteiger partial charge in [0.2, 0.25) is 11.6 Å². The van der Waals surface area contributed by atoms with Crippen LogP contribution in [0.4, 0.5) is 17.6 Å². The lowest BCUT2D eigenvalue weighted by atomic mass is 10.2. The topological polar surface area (TPSA) is 29.5 Å². The van der Waals surface area contributed by atoms with Gasteiger partial charge in [0.15, 0.2) is 17.4 Å². The Kier molecular flexibility index (Phi) is 2.95. The fourth-order valence-corrected chi connectivity index (χ4v) is 0.975. The summed E-state index contributed by atoms with van der Waals surface area (Å²) >= 11 is 0. The van der Waals surface area contributed by atoms with Crippen molar-refractivity contribution in [2.75, 3.05) is 7.11 Å². The van der Waals surface area contributed by atoms with Gasteiger partial charge in [-0.3, -0.25) is 0 Å². The van der Waals surface area contributed by atoms with Crippen LogP contribution < -0.4 is 4.74 Å². The Balaban J connectivity index is 3.55. The number of halogens is 4. The van der Waals surface area contributed by atoms with Crippen LogP contribution in [0.15, 0.2) is 0 Å². The quantitative estimate of drug-likeness (QED) is 0.595. The number of rotatable bonds is 2.